The van der Waals surface area contributed by atoms with Gasteiger partial charge in [0.1, 0.15) is 11.5 Å². The van der Waals surface area contributed by atoms with Gasteiger partial charge in [0.15, 0.2) is 0 Å². The molecule has 1 unspecified atom stereocenters. The average Bonchev–Trinajstić information content (AvgIpc) is 2.81. The zero-order chi connectivity index (χ0) is 13.0. The zero-order valence-corrected chi connectivity index (χ0v) is 11.4. The predicted octanol–water partition coefficient (Wildman–Crippen LogP) is 2.21. The number of ether oxygens (including phenoxy) is 2. The third kappa shape index (κ3) is 2.88. The zero-order valence-electron chi connectivity index (χ0n) is 11.4. The first kappa shape index (κ1) is 13.0. The molecule has 1 aliphatic rings. The number of hydrogen-bond acceptors (Lipinski definition) is 4. The Morgan fingerprint density at radius 1 is 1.33 bits per heavy atom. The van der Waals surface area contributed by atoms with Gasteiger partial charge < -0.3 is 19.7 Å². The molecule has 1 heterocycles. The van der Waals surface area contributed by atoms with Gasteiger partial charge in [0.25, 0.3) is 0 Å². The molecule has 2 rings (SSSR count). The smallest absolute Gasteiger partial charge is 0.142 e. The summed E-state index contributed by atoms with van der Waals surface area (Å²) in [4.78, 5) is 2.40. The third-order valence-corrected chi connectivity index (χ3v) is 3.61. The predicted molar refractivity (Wildman–Crippen MR) is 73.7 cm³/mol. The molecule has 0 amide bonds. The minimum absolute atomic E-state index is 0.612. The largest absolute Gasteiger partial charge is 0.497 e. The second-order valence-corrected chi connectivity index (χ2v) is 4.72. The van der Waals surface area contributed by atoms with Crippen LogP contribution in [0.4, 0.5) is 5.69 Å². The minimum atomic E-state index is 0.612. The Morgan fingerprint density at radius 2 is 2.17 bits per heavy atom. The maximum absolute atomic E-state index is 5.36. The van der Waals surface area contributed by atoms with Crippen LogP contribution in [-0.2, 0) is 0 Å². The summed E-state index contributed by atoms with van der Waals surface area (Å²) < 4.78 is 10.6. The number of likely N-dealkylation sites (tertiary alicyclic amines) is 1. The van der Waals surface area contributed by atoms with E-state index < -0.39 is 0 Å². The first-order valence-corrected chi connectivity index (χ1v) is 6.40. The molecule has 1 N–H and O–H groups in total. The third-order valence-electron chi connectivity index (χ3n) is 3.61. The number of anilines is 1. The fourth-order valence-corrected chi connectivity index (χ4v) is 2.42. The molecule has 0 spiro atoms. The molecule has 18 heavy (non-hydrogen) atoms. The monoisotopic (exact) mass is 250 g/mol. The summed E-state index contributed by atoms with van der Waals surface area (Å²) >= 11 is 0. The number of nitrogens with one attached hydrogen (secondary N) is 1. The Labute approximate surface area is 109 Å². The number of nitrogens with zero attached hydrogens (tertiary/aromatic N) is 1. The lowest BCUT2D eigenvalue weighted by Gasteiger charge is -2.21. The van der Waals surface area contributed by atoms with Crippen molar-refractivity contribution in [3.63, 3.8) is 0 Å². The van der Waals surface area contributed by atoms with Crippen LogP contribution in [0.15, 0.2) is 18.2 Å². The molecule has 0 aliphatic carbocycles. The molecule has 100 valence electrons. The quantitative estimate of drug-likeness (QED) is 0.868. The van der Waals surface area contributed by atoms with Gasteiger partial charge in [-0.1, -0.05) is 0 Å². The van der Waals surface area contributed by atoms with E-state index in [1.165, 1.54) is 19.4 Å². The number of methoxy groups -OCH3 is 2. The van der Waals surface area contributed by atoms with E-state index in [0.29, 0.717) is 6.04 Å². The van der Waals surface area contributed by atoms with Crippen LogP contribution < -0.4 is 14.8 Å². The van der Waals surface area contributed by atoms with E-state index in [1.54, 1.807) is 14.2 Å². The van der Waals surface area contributed by atoms with E-state index in [2.05, 4.69) is 17.3 Å². The molecule has 0 radical (unpaired) electrons. The van der Waals surface area contributed by atoms with E-state index in [9.17, 15) is 0 Å². The Kier molecular flexibility index (Phi) is 4.31. The van der Waals surface area contributed by atoms with Crippen LogP contribution in [0.5, 0.6) is 11.5 Å². The van der Waals surface area contributed by atoms with Crippen LogP contribution in [0.2, 0.25) is 0 Å². The SMILES string of the molecule is COc1ccc(OC)c(NCC2CCCN2C)c1. The lowest BCUT2D eigenvalue weighted by molar-refractivity contribution is 0.322. The Bertz CT molecular complexity index is 395. The molecule has 1 aromatic carbocycles. The van der Waals surface area contributed by atoms with Crippen LogP contribution >= 0.6 is 0 Å². The molecule has 0 bridgehead atoms. The highest BCUT2D eigenvalue weighted by atomic mass is 16.5. The molecule has 1 aliphatic heterocycles. The summed E-state index contributed by atoms with van der Waals surface area (Å²) in [5.41, 5.74) is 0.997. The normalized spacial score (nSPS) is 19.8. The van der Waals surface area contributed by atoms with Gasteiger partial charge in [-0.25, -0.2) is 0 Å². The summed E-state index contributed by atoms with van der Waals surface area (Å²) in [6.45, 7) is 2.14. The number of benzene rings is 1. The fourth-order valence-electron chi connectivity index (χ4n) is 2.42. The maximum Gasteiger partial charge on any atom is 0.142 e. The van der Waals surface area contributed by atoms with Crippen LogP contribution in [0.25, 0.3) is 0 Å². The molecular formula is C14H22N2O2. The van der Waals surface area contributed by atoms with E-state index >= 15 is 0 Å². The fraction of sp³-hybridized carbons (Fsp3) is 0.571. The van der Waals surface area contributed by atoms with Gasteiger partial charge in [0.2, 0.25) is 0 Å². The Balaban J connectivity index is 2.02. The lowest BCUT2D eigenvalue weighted by Crippen LogP contribution is -2.31. The Hall–Kier alpha value is -1.42. The lowest BCUT2D eigenvalue weighted by atomic mass is 10.2. The number of rotatable bonds is 5. The van der Waals surface area contributed by atoms with E-state index in [1.807, 2.05) is 18.2 Å². The summed E-state index contributed by atoms with van der Waals surface area (Å²) in [5, 5.41) is 3.46. The molecule has 1 saturated heterocycles. The summed E-state index contributed by atoms with van der Waals surface area (Å²) in [6, 6.07) is 6.43. The standard InChI is InChI=1S/C14H22N2O2/c1-16-8-4-5-11(16)10-15-13-9-12(17-2)6-7-14(13)18-3/h6-7,9,11,15H,4-5,8,10H2,1-3H3. The van der Waals surface area contributed by atoms with Crippen molar-refractivity contribution in [2.75, 3.05) is 39.7 Å². The molecule has 0 saturated carbocycles. The molecule has 1 atom stereocenters. The van der Waals surface area contributed by atoms with Crippen molar-refractivity contribution in [1.29, 1.82) is 0 Å². The van der Waals surface area contributed by atoms with Gasteiger partial charge in [-0.05, 0) is 38.6 Å². The van der Waals surface area contributed by atoms with Gasteiger partial charge in [0.05, 0.1) is 19.9 Å². The van der Waals surface area contributed by atoms with Crippen molar-refractivity contribution in [2.24, 2.45) is 0 Å². The van der Waals surface area contributed by atoms with Gasteiger partial charge in [-0.2, -0.15) is 0 Å². The van der Waals surface area contributed by atoms with Crippen LogP contribution in [0, 0.1) is 0 Å². The van der Waals surface area contributed by atoms with Crippen molar-refractivity contribution in [2.45, 2.75) is 18.9 Å². The Morgan fingerprint density at radius 3 is 2.78 bits per heavy atom. The second-order valence-electron chi connectivity index (χ2n) is 4.72. The van der Waals surface area contributed by atoms with Crippen molar-refractivity contribution >= 4 is 5.69 Å². The minimum Gasteiger partial charge on any atom is -0.497 e. The van der Waals surface area contributed by atoms with Gasteiger partial charge in [-0.15, -0.1) is 0 Å². The highest BCUT2D eigenvalue weighted by molar-refractivity contribution is 5.59. The first-order chi connectivity index (χ1) is 8.74. The van der Waals surface area contributed by atoms with Crippen molar-refractivity contribution < 1.29 is 9.47 Å². The summed E-state index contributed by atoms with van der Waals surface area (Å²) in [7, 11) is 5.55. The number of likely N-dealkylation sites (N-methyl/N-ethyl adjacent to an activating group) is 1. The maximum atomic E-state index is 5.36. The summed E-state index contributed by atoms with van der Waals surface area (Å²) in [5.74, 6) is 1.70. The average molecular weight is 250 g/mol. The molecule has 4 nitrogen and oxygen atoms in total. The van der Waals surface area contributed by atoms with Crippen molar-refractivity contribution in [1.82, 2.24) is 4.90 Å². The van der Waals surface area contributed by atoms with Crippen LogP contribution in [0.3, 0.4) is 0 Å². The highest BCUT2D eigenvalue weighted by Crippen LogP contribution is 2.29. The second kappa shape index (κ2) is 5.96. The van der Waals surface area contributed by atoms with E-state index in [-0.39, 0.29) is 0 Å². The van der Waals surface area contributed by atoms with Crippen LogP contribution in [-0.4, -0.2) is 45.3 Å². The molecule has 4 heteroatoms. The van der Waals surface area contributed by atoms with E-state index in [4.69, 9.17) is 9.47 Å². The van der Waals surface area contributed by atoms with Gasteiger partial charge in [-0.3, -0.25) is 0 Å². The van der Waals surface area contributed by atoms with Gasteiger partial charge >= 0.3 is 0 Å². The molecule has 0 aromatic heterocycles. The summed E-state index contributed by atoms with van der Waals surface area (Å²) in [6.07, 6.45) is 2.55. The number of hydrogen-bond donors (Lipinski definition) is 1. The van der Waals surface area contributed by atoms with Crippen LogP contribution in [0.1, 0.15) is 12.8 Å². The van der Waals surface area contributed by atoms with Gasteiger partial charge in [0, 0.05) is 18.7 Å². The topological polar surface area (TPSA) is 33.7 Å². The highest BCUT2D eigenvalue weighted by Gasteiger charge is 2.20. The van der Waals surface area contributed by atoms with Crippen molar-refractivity contribution in [3.8, 4) is 11.5 Å². The van der Waals surface area contributed by atoms with E-state index in [0.717, 1.165) is 23.7 Å². The van der Waals surface area contributed by atoms with Crippen molar-refractivity contribution in [3.05, 3.63) is 18.2 Å². The molecular weight excluding hydrogens is 228 g/mol. The molecule has 1 aromatic rings. The first-order valence-electron chi connectivity index (χ1n) is 6.40. The molecule has 1 fully saturated rings.